The maximum absolute atomic E-state index is 11.2. The first-order chi connectivity index (χ1) is 5.65. The largest absolute Gasteiger partial charge is 0.300 e. The average Bonchev–Trinajstić information content (AvgIpc) is 2.03. The van der Waals surface area contributed by atoms with E-state index in [0.29, 0.717) is 11.7 Å². The van der Waals surface area contributed by atoms with Gasteiger partial charge in [-0.3, -0.25) is 4.79 Å². The summed E-state index contributed by atoms with van der Waals surface area (Å²) < 4.78 is 0. The Balaban J connectivity index is 2.56. The van der Waals surface area contributed by atoms with Gasteiger partial charge in [-0.15, -0.1) is 0 Å². The maximum Gasteiger partial charge on any atom is 0.133 e. The van der Waals surface area contributed by atoms with E-state index >= 15 is 0 Å². The summed E-state index contributed by atoms with van der Waals surface area (Å²) in [4.78, 5) is 11.2. The van der Waals surface area contributed by atoms with Crippen molar-refractivity contribution in [2.45, 2.75) is 46.5 Å². The highest BCUT2D eigenvalue weighted by Gasteiger charge is 2.29. The van der Waals surface area contributed by atoms with Crippen molar-refractivity contribution in [1.29, 1.82) is 0 Å². The number of carbonyl (C=O) groups excluding carboxylic acids is 1. The number of ketones is 1. The smallest absolute Gasteiger partial charge is 0.133 e. The van der Waals surface area contributed by atoms with Crippen molar-refractivity contribution < 1.29 is 4.79 Å². The Morgan fingerprint density at radius 2 is 2.17 bits per heavy atom. The molecule has 0 aliphatic heterocycles. The van der Waals surface area contributed by atoms with Crippen LogP contribution in [0.1, 0.15) is 46.5 Å². The Hall–Kier alpha value is -0.330. The van der Waals surface area contributed by atoms with Gasteiger partial charge in [0.2, 0.25) is 0 Å². The van der Waals surface area contributed by atoms with Crippen LogP contribution in [0.5, 0.6) is 0 Å². The van der Waals surface area contributed by atoms with E-state index in [-0.39, 0.29) is 0 Å². The van der Waals surface area contributed by atoms with Crippen LogP contribution in [0.15, 0.2) is 0 Å². The Bertz CT molecular complexity index is 160. The normalized spacial score (nSPS) is 31.2. The molecule has 0 aromatic rings. The number of hydrogen-bond acceptors (Lipinski definition) is 1. The quantitative estimate of drug-likeness (QED) is 0.619. The van der Waals surface area contributed by atoms with Gasteiger partial charge in [0.15, 0.2) is 0 Å². The maximum atomic E-state index is 11.2. The lowest BCUT2D eigenvalue weighted by Crippen LogP contribution is -2.28. The second kappa shape index (κ2) is 4.06. The van der Waals surface area contributed by atoms with Gasteiger partial charge in [-0.1, -0.05) is 27.2 Å². The lowest BCUT2D eigenvalue weighted by atomic mass is 9.72. The van der Waals surface area contributed by atoms with E-state index in [4.69, 9.17) is 0 Å². The Labute approximate surface area is 75.5 Å². The van der Waals surface area contributed by atoms with Crippen LogP contribution in [0.3, 0.4) is 0 Å². The number of Topliss-reactive ketones (excluding diaryl/α,β-unsaturated/α-hetero) is 1. The summed E-state index contributed by atoms with van der Waals surface area (Å²) in [6.07, 6.45) is 3.99. The molecular formula is C11H20O. The molecule has 1 aliphatic rings. The predicted octanol–water partition coefficient (Wildman–Crippen LogP) is 3.04. The first kappa shape index (κ1) is 9.76. The molecule has 2 unspecified atom stereocenters. The number of carbonyl (C=O) groups is 1. The summed E-state index contributed by atoms with van der Waals surface area (Å²) in [5, 5.41) is 0. The van der Waals surface area contributed by atoms with Gasteiger partial charge in [-0.25, -0.2) is 0 Å². The van der Waals surface area contributed by atoms with E-state index in [1.54, 1.807) is 0 Å². The summed E-state index contributed by atoms with van der Waals surface area (Å²) in [6.45, 7) is 6.77. The molecule has 0 N–H and O–H groups in total. The highest BCUT2D eigenvalue weighted by molar-refractivity contribution is 5.79. The molecule has 1 rings (SSSR count). The fraction of sp³-hybridized carbons (Fsp3) is 0.909. The molecule has 1 fully saturated rings. The molecule has 0 spiro atoms. The molecule has 1 aliphatic carbocycles. The molecule has 0 aromatic carbocycles. The SMILES string of the molecule is CCC1CC(=O)CCC1C(C)C. The minimum absolute atomic E-state index is 0.485. The molecule has 2 atom stereocenters. The van der Waals surface area contributed by atoms with Gasteiger partial charge in [0, 0.05) is 12.8 Å². The molecule has 1 heteroatoms. The summed E-state index contributed by atoms with van der Waals surface area (Å²) in [6, 6.07) is 0. The van der Waals surface area contributed by atoms with E-state index in [1.807, 2.05) is 0 Å². The van der Waals surface area contributed by atoms with Crippen LogP contribution >= 0.6 is 0 Å². The van der Waals surface area contributed by atoms with Gasteiger partial charge in [-0.05, 0) is 24.2 Å². The number of hydrogen-bond donors (Lipinski definition) is 0. The van der Waals surface area contributed by atoms with Crippen LogP contribution in [-0.4, -0.2) is 5.78 Å². The highest BCUT2D eigenvalue weighted by Crippen LogP contribution is 2.35. The first-order valence-corrected chi connectivity index (χ1v) is 5.16. The van der Waals surface area contributed by atoms with Crippen molar-refractivity contribution in [2.75, 3.05) is 0 Å². The predicted molar refractivity (Wildman–Crippen MR) is 51.0 cm³/mol. The van der Waals surface area contributed by atoms with Crippen LogP contribution < -0.4 is 0 Å². The van der Waals surface area contributed by atoms with Crippen molar-refractivity contribution in [3.63, 3.8) is 0 Å². The lowest BCUT2D eigenvalue weighted by molar-refractivity contribution is -0.123. The molecule has 1 saturated carbocycles. The minimum Gasteiger partial charge on any atom is -0.300 e. The summed E-state index contributed by atoms with van der Waals surface area (Å²) >= 11 is 0. The lowest BCUT2D eigenvalue weighted by Gasteiger charge is -2.32. The molecule has 70 valence electrons. The highest BCUT2D eigenvalue weighted by atomic mass is 16.1. The van der Waals surface area contributed by atoms with Gasteiger partial charge >= 0.3 is 0 Å². The Morgan fingerprint density at radius 1 is 1.50 bits per heavy atom. The van der Waals surface area contributed by atoms with Crippen LogP contribution in [0.2, 0.25) is 0 Å². The second-order valence-electron chi connectivity index (χ2n) is 4.36. The molecule has 0 amide bonds. The molecule has 0 saturated heterocycles. The molecule has 1 nitrogen and oxygen atoms in total. The van der Waals surface area contributed by atoms with Crippen LogP contribution in [0.4, 0.5) is 0 Å². The Kier molecular flexibility index (Phi) is 3.30. The monoisotopic (exact) mass is 168 g/mol. The van der Waals surface area contributed by atoms with E-state index in [2.05, 4.69) is 20.8 Å². The second-order valence-corrected chi connectivity index (χ2v) is 4.36. The third-order valence-electron chi connectivity index (χ3n) is 3.23. The van der Waals surface area contributed by atoms with Crippen molar-refractivity contribution in [1.82, 2.24) is 0 Å². The average molecular weight is 168 g/mol. The Morgan fingerprint density at radius 3 is 2.67 bits per heavy atom. The summed E-state index contributed by atoms with van der Waals surface area (Å²) in [7, 11) is 0. The van der Waals surface area contributed by atoms with Crippen molar-refractivity contribution in [2.24, 2.45) is 17.8 Å². The molecule has 12 heavy (non-hydrogen) atoms. The molecular weight excluding hydrogens is 148 g/mol. The van der Waals surface area contributed by atoms with Crippen molar-refractivity contribution in [3.05, 3.63) is 0 Å². The first-order valence-electron chi connectivity index (χ1n) is 5.16. The van der Waals surface area contributed by atoms with Crippen LogP contribution in [-0.2, 0) is 4.79 Å². The van der Waals surface area contributed by atoms with E-state index in [9.17, 15) is 4.79 Å². The van der Waals surface area contributed by atoms with Gasteiger partial charge in [0.1, 0.15) is 5.78 Å². The fourth-order valence-corrected chi connectivity index (χ4v) is 2.43. The third-order valence-corrected chi connectivity index (χ3v) is 3.23. The van der Waals surface area contributed by atoms with Gasteiger partial charge < -0.3 is 0 Å². The van der Waals surface area contributed by atoms with Gasteiger partial charge in [-0.2, -0.15) is 0 Å². The zero-order valence-corrected chi connectivity index (χ0v) is 8.47. The van der Waals surface area contributed by atoms with Gasteiger partial charge in [0.05, 0.1) is 0 Å². The summed E-state index contributed by atoms with van der Waals surface area (Å²) in [5.41, 5.74) is 0. The fourth-order valence-electron chi connectivity index (χ4n) is 2.43. The molecule has 0 bridgehead atoms. The van der Waals surface area contributed by atoms with Crippen molar-refractivity contribution in [3.8, 4) is 0 Å². The van der Waals surface area contributed by atoms with Gasteiger partial charge in [0.25, 0.3) is 0 Å². The van der Waals surface area contributed by atoms with Crippen LogP contribution in [0, 0.1) is 17.8 Å². The van der Waals surface area contributed by atoms with E-state index in [1.165, 1.54) is 6.42 Å². The number of rotatable bonds is 2. The molecule has 0 heterocycles. The minimum atomic E-state index is 0.485. The van der Waals surface area contributed by atoms with E-state index in [0.717, 1.165) is 31.1 Å². The van der Waals surface area contributed by atoms with E-state index < -0.39 is 0 Å². The summed E-state index contributed by atoms with van der Waals surface area (Å²) in [5.74, 6) is 2.71. The van der Waals surface area contributed by atoms with Crippen molar-refractivity contribution >= 4 is 5.78 Å². The third kappa shape index (κ3) is 2.09. The molecule has 0 aromatic heterocycles. The topological polar surface area (TPSA) is 17.1 Å². The standard InChI is InChI=1S/C11H20O/c1-4-9-7-10(12)5-6-11(9)8(2)3/h8-9,11H,4-7H2,1-3H3. The zero-order chi connectivity index (χ0) is 9.14. The zero-order valence-electron chi connectivity index (χ0n) is 8.47. The molecule has 0 radical (unpaired) electrons. The van der Waals surface area contributed by atoms with Crippen LogP contribution in [0.25, 0.3) is 0 Å².